The highest BCUT2D eigenvalue weighted by Gasteiger charge is 2.11. The van der Waals surface area contributed by atoms with E-state index >= 15 is 0 Å². The molecule has 0 atom stereocenters. The fourth-order valence-electron chi connectivity index (χ4n) is 2.29. The van der Waals surface area contributed by atoms with E-state index in [2.05, 4.69) is 22.1 Å². The monoisotopic (exact) mass is 394 g/mol. The lowest BCUT2D eigenvalue weighted by atomic mass is 10.1. The molecule has 3 rings (SSSR count). The molecule has 0 radical (unpaired) electrons. The van der Waals surface area contributed by atoms with Crippen molar-refractivity contribution in [3.63, 3.8) is 0 Å². The third kappa shape index (κ3) is 5.78. The van der Waals surface area contributed by atoms with Crippen LogP contribution in [0, 0.1) is 11.8 Å². The van der Waals surface area contributed by atoms with Gasteiger partial charge in [0.05, 0.1) is 9.21 Å². The maximum absolute atomic E-state index is 12.1. The lowest BCUT2D eigenvalue weighted by Gasteiger charge is -2.05. The minimum atomic E-state index is -0.221. The summed E-state index contributed by atoms with van der Waals surface area (Å²) in [6.45, 7) is 0. The number of nitrogens with zero attached hydrogens (tertiary/aromatic N) is 1. The molecule has 3 aromatic rings. The van der Waals surface area contributed by atoms with E-state index in [4.69, 9.17) is 11.6 Å². The van der Waals surface area contributed by atoms with Gasteiger partial charge in [-0.05, 0) is 48.4 Å². The Balaban J connectivity index is 1.57. The predicted octanol–water partition coefficient (Wildman–Crippen LogP) is 4.80. The van der Waals surface area contributed by atoms with Crippen LogP contribution in [-0.2, 0) is 4.79 Å². The number of carbonyl (C=O) groups is 2. The molecule has 0 aliphatic rings. The van der Waals surface area contributed by atoms with Gasteiger partial charge in [-0.15, -0.1) is 11.3 Å². The van der Waals surface area contributed by atoms with Crippen LogP contribution in [0.3, 0.4) is 0 Å². The molecule has 1 N–H and O–H groups in total. The van der Waals surface area contributed by atoms with Crippen LogP contribution < -0.4 is 5.32 Å². The van der Waals surface area contributed by atoms with Gasteiger partial charge in [-0.1, -0.05) is 29.7 Å². The van der Waals surface area contributed by atoms with Gasteiger partial charge in [0.1, 0.15) is 5.69 Å². The molecule has 6 heteroatoms. The number of benzene rings is 1. The number of pyridine rings is 1. The Hall–Kier alpha value is -2.94. The maximum atomic E-state index is 12.1. The summed E-state index contributed by atoms with van der Waals surface area (Å²) in [5, 5.41) is 2.80. The van der Waals surface area contributed by atoms with Crippen molar-refractivity contribution in [1.29, 1.82) is 0 Å². The fraction of sp³-hybridized carbons (Fsp3) is 0.0952. The highest BCUT2D eigenvalue weighted by atomic mass is 35.5. The molecule has 1 amide bonds. The van der Waals surface area contributed by atoms with Crippen molar-refractivity contribution in [2.24, 2.45) is 0 Å². The van der Waals surface area contributed by atoms with Crippen LogP contribution in [0.2, 0.25) is 4.34 Å². The second kappa shape index (κ2) is 9.13. The highest BCUT2D eigenvalue weighted by molar-refractivity contribution is 7.18. The zero-order valence-corrected chi connectivity index (χ0v) is 15.8. The van der Waals surface area contributed by atoms with E-state index in [1.165, 1.54) is 11.3 Å². The van der Waals surface area contributed by atoms with Gasteiger partial charge in [0, 0.05) is 30.3 Å². The Kier molecular flexibility index (Phi) is 6.37. The van der Waals surface area contributed by atoms with Crippen molar-refractivity contribution < 1.29 is 9.59 Å². The molecule has 0 saturated heterocycles. The number of hydrogen-bond donors (Lipinski definition) is 1. The number of carbonyl (C=O) groups excluding carboxylic acids is 2. The Morgan fingerprint density at radius 2 is 1.93 bits per heavy atom. The molecular weight excluding hydrogens is 380 g/mol. The Morgan fingerprint density at radius 3 is 2.67 bits per heavy atom. The number of nitrogens with one attached hydrogen (secondary N) is 1. The number of thiophene rings is 1. The van der Waals surface area contributed by atoms with Gasteiger partial charge in [-0.25, -0.2) is 4.98 Å². The summed E-state index contributed by atoms with van der Waals surface area (Å²) in [7, 11) is 0. The fourth-order valence-corrected chi connectivity index (χ4v) is 3.30. The average molecular weight is 395 g/mol. The van der Waals surface area contributed by atoms with E-state index in [1.54, 1.807) is 30.5 Å². The van der Waals surface area contributed by atoms with Crippen molar-refractivity contribution in [1.82, 2.24) is 4.98 Å². The number of halogens is 1. The van der Waals surface area contributed by atoms with Crippen LogP contribution in [0.25, 0.3) is 0 Å². The molecule has 0 aliphatic carbocycles. The number of aromatic nitrogens is 1. The lowest BCUT2D eigenvalue weighted by molar-refractivity contribution is -0.116. The van der Waals surface area contributed by atoms with Crippen molar-refractivity contribution in [2.45, 2.75) is 12.8 Å². The SMILES string of the molecule is O=C(CCC(=O)c1ccc(Cl)s1)Nc1cccc(C#Cc2ccccn2)c1. The first-order valence-electron chi connectivity index (χ1n) is 8.22. The molecule has 0 fully saturated rings. The minimum absolute atomic E-state index is 0.0861. The maximum Gasteiger partial charge on any atom is 0.224 e. The summed E-state index contributed by atoms with van der Waals surface area (Å²) < 4.78 is 0.562. The second-order valence-electron chi connectivity index (χ2n) is 5.62. The molecule has 4 nitrogen and oxygen atoms in total. The molecule has 2 heterocycles. The smallest absolute Gasteiger partial charge is 0.224 e. The van der Waals surface area contributed by atoms with Crippen LogP contribution in [0.1, 0.15) is 33.8 Å². The zero-order chi connectivity index (χ0) is 19.1. The van der Waals surface area contributed by atoms with Gasteiger partial charge in [0.25, 0.3) is 0 Å². The average Bonchev–Trinajstić information content (AvgIpc) is 3.12. The Bertz CT molecular complexity index is 1020. The highest BCUT2D eigenvalue weighted by Crippen LogP contribution is 2.23. The third-order valence-electron chi connectivity index (χ3n) is 3.57. The first-order valence-corrected chi connectivity index (χ1v) is 9.41. The number of hydrogen-bond acceptors (Lipinski definition) is 4. The number of Topliss-reactive ketones (excluding diaryl/α,β-unsaturated/α-hetero) is 1. The van der Waals surface area contributed by atoms with Crippen LogP contribution in [-0.4, -0.2) is 16.7 Å². The van der Waals surface area contributed by atoms with Gasteiger partial charge >= 0.3 is 0 Å². The topological polar surface area (TPSA) is 59.1 Å². The quantitative estimate of drug-likeness (QED) is 0.499. The molecule has 2 aromatic heterocycles. The Labute approximate surface area is 166 Å². The molecule has 0 saturated carbocycles. The molecule has 0 spiro atoms. The standard InChI is InChI=1S/C21H15ClN2O2S/c22-20-11-10-19(27-20)18(25)9-12-21(26)24-17-6-3-4-15(14-17)7-8-16-5-1-2-13-23-16/h1-6,10-11,13-14H,9,12H2,(H,24,26). The first-order chi connectivity index (χ1) is 13.1. The van der Waals surface area contributed by atoms with Crippen LogP contribution in [0.4, 0.5) is 5.69 Å². The predicted molar refractivity (Wildman–Crippen MR) is 108 cm³/mol. The van der Waals surface area contributed by atoms with Crippen molar-refractivity contribution in [3.8, 4) is 11.8 Å². The normalized spacial score (nSPS) is 9.96. The van der Waals surface area contributed by atoms with E-state index in [9.17, 15) is 9.59 Å². The van der Waals surface area contributed by atoms with E-state index < -0.39 is 0 Å². The van der Waals surface area contributed by atoms with Crippen LogP contribution in [0.5, 0.6) is 0 Å². The largest absolute Gasteiger partial charge is 0.326 e. The summed E-state index contributed by atoms with van der Waals surface area (Å²) in [4.78, 5) is 28.9. The zero-order valence-electron chi connectivity index (χ0n) is 14.2. The summed E-state index contributed by atoms with van der Waals surface area (Å²) >= 11 is 7.05. The van der Waals surface area contributed by atoms with Gasteiger partial charge < -0.3 is 5.32 Å². The summed E-state index contributed by atoms with van der Waals surface area (Å²) in [6.07, 6.45) is 1.94. The van der Waals surface area contributed by atoms with Crippen LogP contribution in [0.15, 0.2) is 60.8 Å². The lowest BCUT2D eigenvalue weighted by Crippen LogP contribution is -2.13. The molecule has 0 bridgehead atoms. The van der Waals surface area contributed by atoms with E-state index in [-0.39, 0.29) is 24.5 Å². The first kappa shape index (κ1) is 18.8. The molecule has 0 unspecified atom stereocenters. The third-order valence-corrected chi connectivity index (χ3v) is 4.85. The molecule has 1 aromatic carbocycles. The van der Waals surface area contributed by atoms with E-state index in [0.717, 1.165) is 5.56 Å². The van der Waals surface area contributed by atoms with Crippen LogP contribution >= 0.6 is 22.9 Å². The van der Waals surface area contributed by atoms with Gasteiger partial charge in [0.15, 0.2) is 5.78 Å². The van der Waals surface area contributed by atoms with Crippen molar-refractivity contribution >= 4 is 40.3 Å². The van der Waals surface area contributed by atoms with Gasteiger partial charge in [-0.2, -0.15) is 0 Å². The van der Waals surface area contributed by atoms with Crippen molar-refractivity contribution in [3.05, 3.63) is 81.3 Å². The Morgan fingerprint density at radius 1 is 1.04 bits per heavy atom. The van der Waals surface area contributed by atoms with E-state index in [1.807, 2.05) is 30.3 Å². The van der Waals surface area contributed by atoms with Gasteiger partial charge in [-0.3, -0.25) is 9.59 Å². The van der Waals surface area contributed by atoms with E-state index in [0.29, 0.717) is 20.6 Å². The number of rotatable bonds is 5. The second-order valence-corrected chi connectivity index (χ2v) is 7.34. The molecular formula is C21H15ClN2O2S. The number of ketones is 1. The summed E-state index contributed by atoms with van der Waals surface area (Å²) in [5.41, 5.74) is 2.08. The van der Waals surface area contributed by atoms with Gasteiger partial charge in [0.2, 0.25) is 5.91 Å². The minimum Gasteiger partial charge on any atom is -0.326 e. The molecule has 134 valence electrons. The summed E-state index contributed by atoms with van der Waals surface area (Å²) in [5.74, 6) is 5.69. The number of amides is 1. The summed E-state index contributed by atoms with van der Waals surface area (Å²) in [6, 6.07) is 16.1. The molecule has 27 heavy (non-hydrogen) atoms. The number of anilines is 1. The van der Waals surface area contributed by atoms with Crippen molar-refractivity contribution in [2.75, 3.05) is 5.32 Å². The molecule has 0 aliphatic heterocycles.